The molecule has 3 aliphatic heterocycles. The summed E-state index contributed by atoms with van der Waals surface area (Å²) in [6, 6.07) is 4.82. The van der Waals surface area contributed by atoms with Crippen molar-refractivity contribution in [2.24, 2.45) is 5.92 Å². The van der Waals surface area contributed by atoms with Crippen LogP contribution in [-0.4, -0.2) is 50.0 Å². The molecule has 1 aromatic rings. The van der Waals surface area contributed by atoms with Gasteiger partial charge in [-0.1, -0.05) is 6.58 Å². The van der Waals surface area contributed by atoms with Gasteiger partial charge in [-0.2, -0.15) is 4.31 Å². The maximum absolute atomic E-state index is 13.0. The van der Waals surface area contributed by atoms with E-state index in [0.29, 0.717) is 31.5 Å². The van der Waals surface area contributed by atoms with Gasteiger partial charge in [-0.25, -0.2) is 8.42 Å². The van der Waals surface area contributed by atoms with Crippen molar-refractivity contribution in [3.05, 3.63) is 36.4 Å². The summed E-state index contributed by atoms with van der Waals surface area (Å²) in [5.74, 6) is -0.307. The second-order valence-corrected chi connectivity index (χ2v) is 9.00. The number of aryl methyl sites for hydroxylation is 1. The van der Waals surface area contributed by atoms with Crippen molar-refractivity contribution in [1.29, 1.82) is 0 Å². The van der Waals surface area contributed by atoms with Gasteiger partial charge in [0.15, 0.2) is 0 Å². The smallest absolute Gasteiger partial charge is 0.245 e. The lowest BCUT2D eigenvalue weighted by Gasteiger charge is -2.21. The predicted octanol–water partition coefficient (Wildman–Crippen LogP) is 0.609. The van der Waals surface area contributed by atoms with Gasteiger partial charge in [0, 0.05) is 31.1 Å². The molecule has 1 aromatic carbocycles. The van der Waals surface area contributed by atoms with Crippen molar-refractivity contribution in [1.82, 2.24) is 9.62 Å². The molecule has 0 bridgehead atoms. The quantitative estimate of drug-likeness (QED) is 0.732. The predicted molar refractivity (Wildman–Crippen MR) is 97.3 cm³/mol. The number of carbonyl (C=O) groups excluding carboxylic acids is 2. The molecule has 4 rings (SSSR count). The molecule has 2 N–H and O–H groups in total. The van der Waals surface area contributed by atoms with Crippen molar-refractivity contribution in [2.45, 2.75) is 36.5 Å². The Morgan fingerprint density at radius 1 is 1.33 bits per heavy atom. The molecule has 0 spiro atoms. The van der Waals surface area contributed by atoms with E-state index in [4.69, 9.17) is 4.74 Å². The van der Waals surface area contributed by atoms with E-state index in [1.54, 1.807) is 12.1 Å². The Labute approximate surface area is 157 Å². The molecule has 2 fully saturated rings. The number of benzene rings is 1. The molecule has 144 valence electrons. The van der Waals surface area contributed by atoms with Crippen LogP contribution in [0.2, 0.25) is 0 Å². The molecular weight excluding hydrogens is 370 g/mol. The topological polar surface area (TPSA) is 105 Å². The van der Waals surface area contributed by atoms with Crippen LogP contribution in [0.5, 0.6) is 0 Å². The molecule has 3 heterocycles. The average Bonchev–Trinajstić information content (AvgIpc) is 3.20. The number of anilines is 1. The Balaban J connectivity index is 1.47. The number of nitrogens with one attached hydrogen (secondary N) is 2. The summed E-state index contributed by atoms with van der Waals surface area (Å²) >= 11 is 0. The number of ether oxygens (including phenoxy) is 1. The van der Waals surface area contributed by atoms with Crippen LogP contribution < -0.4 is 10.6 Å². The number of hydrogen-bond acceptors (Lipinski definition) is 5. The standard InChI is InChI=1S/C18H21N3O5S/c1-2-16(22)20-18-8-12-9-21(10-15(12)26-18)27(24,25)13-4-5-14-11(7-13)3-6-17(23)19-14/h2,4-5,7,12,15,18H,1,3,6,8-10H2,(H,19,23)(H,20,22). The first-order chi connectivity index (χ1) is 12.9. The van der Waals surface area contributed by atoms with Crippen molar-refractivity contribution in [3.8, 4) is 0 Å². The molecule has 3 atom stereocenters. The van der Waals surface area contributed by atoms with Gasteiger partial charge in [-0.15, -0.1) is 0 Å². The Bertz CT molecular complexity index is 900. The first-order valence-electron chi connectivity index (χ1n) is 8.88. The normalized spacial score (nSPS) is 27.6. The fraction of sp³-hybridized carbons (Fsp3) is 0.444. The number of fused-ring (bicyclic) bond motifs is 2. The highest BCUT2D eigenvalue weighted by molar-refractivity contribution is 7.89. The molecule has 0 radical (unpaired) electrons. The molecule has 9 heteroatoms. The minimum atomic E-state index is -3.64. The van der Waals surface area contributed by atoms with Gasteiger partial charge in [-0.3, -0.25) is 9.59 Å². The third-order valence-corrected chi connectivity index (χ3v) is 7.13. The Morgan fingerprint density at radius 3 is 2.89 bits per heavy atom. The van der Waals surface area contributed by atoms with Crippen LogP contribution in [0.1, 0.15) is 18.4 Å². The fourth-order valence-electron chi connectivity index (χ4n) is 3.90. The van der Waals surface area contributed by atoms with E-state index in [1.807, 2.05) is 0 Å². The van der Waals surface area contributed by atoms with Crippen molar-refractivity contribution < 1.29 is 22.7 Å². The van der Waals surface area contributed by atoms with E-state index < -0.39 is 16.3 Å². The monoisotopic (exact) mass is 391 g/mol. The van der Waals surface area contributed by atoms with Crippen molar-refractivity contribution in [3.63, 3.8) is 0 Å². The second kappa shape index (κ2) is 6.74. The van der Waals surface area contributed by atoms with Crippen LogP contribution in [0.15, 0.2) is 35.7 Å². The zero-order chi connectivity index (χ0) is 19.2. The lowest BCUT2D eigenvalue weighted by Crippen LogP contribution is -2.37. The Morgan fingerprint density at radius 2 is 2.15 bits per heavy atom. The molecule has 2 saturated heterocycles. The number of hydrogen-bond donors (Lipinski definition) is 2. The number of nitrogens with zero attached hydrogens (tertiary/aromatic N) is 1. The summed E-state index contributed by atoms with van der Waals surface area (Å²) in [6.07, 6.45) is 2.02. The van der Waals surface area contributed by atoms with Crippen molar-refractivity contribution in [2.75, 3.05) is 18.4 Å². The van der Waals surface area contributed by atoms with Gasteiger partial charge in [0.2, 0.25) is 21.8 Å². The molecule has 0 saturated carbocycles. The van der Waals surface area contributed by atoms with Crippen LogP contribution in [0.4, 0.5) is 5.69 Å². The zero-order valence-electron chi connectivity index (χ0n) is 14.7. The number of amides is 2. The summed E-state index contributed by atoms with van der Waals surface area (Å²) in [6.45, 7) is 4.04. The number of carbonyl (C=O) groups is 2. The highest BCUT2D eigenvalue weighted by Gasteiger charge is 2.46. The third-order valence-electron chi connectivity index (χ3n) is 5.30. The molecule has 3 aliphatic rings. The SMILES string of the molecule is C=CC(=O)NC1CC2CN(S(=O)(=O)c3ccc4c(c3)CCC(=O)N4)CC2O1. The lowest BCUT2D eigenvalue weighted by molar-refractivity contribution is -0.120. The van der Waals surface area contributed by atoms with E-state index in [1.165, 1.54) is 16.4 Å². The zero-order valence-corrected chi connectivity index (χ0v) is 15.5. The third kappa shape index (κ3) is 3.38. The molecule has 8 nitrogen and oxygen atoms in total. The first kappa shape index (κ1) is 18.1. The van der Waals surface area contributed by atoms with Gasteiger partial charge in [0.05, 0.1) is 11.0 Å². The number of sulfonamides is 1. The maximum Gasteiger partial charge on any atom is 0.245 e. The summed E-state index contributed by atoms with van der Waals surface area (Å²) < 4.78 is 33.3. The molecule has 0 aromatic heterocycles. The van der Waals surface area contributed by atoms with Crippen LogP contribution >= 0.6 is 0 Å². The molecule has 2 amide bonds. The van der Waals surface area contributed by atoms with E-state index in [0.717, 1.165) is 5.56 Å². The van der Waals surface area contributed by atoms with Gasteiger partial charge < -0.3 is 15.4 Å². The van der Waals surface area contributed by atoms with Crippen LogP contribution in [0.25, 0.3) is 0 Å². The number of rotatable bonds is 4. The summed E-state index contributed by atoms with van der Waals surface area (Å²) in [4.78, 5) is 23.1. The summed E-state index contributed by atoms with van der Waals surface area (Å²) in [5, 5.41) is 5.46. The van der Waals surface area contributed by atoms with Gasteiger partial charge in [-0.05, 0) is 42.7 Å². The molecule has 27 heavy (non-hydrogen) atoms. The van der Waals surface area contributed by atoms with Gasteiger partial charge in [0.1, 0.15) is 6.23 Å². The van der Waals surface area contributed by atoms with Crippen LogP contribution in [-0.2, 0) is 30.8 Å². The summed E-state index contributed by atoms with van der Waals surface area (Å²) in [7, 11) is -3.64. The van der Waals surface area contributed by atoms with Gasteiger partial charge in [0.25, 0.3) is 0 Å². The van der Waals surface area contributed by atoms with E-state index >= 15 is 0 Å². The fourth-order valence-corrected chi connectivity index (χ4v) is 5.46. The molecule has 3 unspecified atom stereocenters. The Hall–Kier alpha value is -2.23. The van der Waals surface area contributed by atoms with E-state index in [2.05, 4.69) is 17.2 Å². The van der Waals surface area contributed by atoms with Crippen LogP contribution in [0.3, 0.4) is 0 Å². The van der Waals surface area contributed by atoms with E-state index in [9.17, 15) is 18.0 Å². The van der Waals surface area contributed by atoms with Gasteiger partial charge >= 0.3 is 0 Å². The first-order valence-corrected chi connectivity index (χ1v) is 10.3. The molecular formula is C18H21N3O5S. The second-order valence-electron chi connectivity index (χ2n) is 7.06. The average molecular weight is 391 g/mol. The maximum atomic E-state index is 13.0. The summed E-state index contributed by atoms with van der Waals surface area (Å²) in [5.41, 5.74) is 1.51. The van der Waals surface area contributed by atoms with E-state index in [-0.39, 0.29) is 35.3 Å². The largest absolute Gasteiger partial charge is 0.354 e. The van der Waals surface area contributed by atoms with Crippen molar-refractivity contribution >= 4 is 27.5 Å². The minimum Gasteiger partial charge on any atom is -0.354 e. The highest BCUT2D eigenvalue weighted by atomic mass is 32.2. The lowest BCUT2D eigenvalue weighted by atomic mass is 10.0. The highest BCUT2D eigenvalue weighted by Crippen LogP contribution is 2.35. The Kier molecular flexibility index (Phi) is 4.53. The minimum absolute atomic E-state index is 0.0480. The van der Waals surface area contributed by atoms with Crippen LogP contribution in [0, 0.1) is 5.92 Å². The molecule has 0 aliphatic carbocycles.